The number of aromatic hydroxyl groups is 1. The van der Waals surface area contributed by atoms with Crippen molar-refractivity contribution in [1.29, 1.82) is 0 Å². The van der Waals surface area contributed by atoms with Crippen LogP contribution in [0.25, 0.3) is 21.8 Å². The van der Waals surface area contributed by atoms with Crippen LogP contribution in [0, 0.1) is 18.7 Å². The second-order valence-electron chi connectivity index (χ2n) is 22.0. The van der Waals surface area contributed by atoms with Gasteiger partial charge >= 0.3 is 0 Å². The number of halogens is 1. The van der Waals surface area contributed by atoms with Gasteiger partial charge in [0.1, 0.15) is 36.1 Å². The van der Waals surface area contributed by atoms with Crippen LogP contribution in [-0.4, -0.2) is 158 Å². The second-order valence-corrected chi connectivity index (χ2v) is 22.9. The van der Waals surface area contributed by atoms with Crippen molar-refractivity contribution in [3.05, 3.63) is 89.1 Å². The van der Waals surface area contributed by atoms with E-state index >= 15 is 4.39 Å². The van der Waals surface area contributed by atoms with Crippen molar-refractivity contribution in [1.82, 2.24) is 45.4 Å². The van der Waals surface area contributed by atoms with Gasteiger partial charge in [0.05, 0.1) is 58.9 Å². The summed E-state index contributed by atoms with van der Waals surface area (Å²) in [5.74, 6) is -0.678. The van der Waals surface area contributed by atoms with E-state index in [1.54, 1.807) is 37.6 Å². The number of benzene rings is 1. The van der Waals surface area contributed by atoms with Gasteiger partial charge in [-0.3, -0.25) is 14.5 Å². The van der Waals surface area contributed by atoms with Gasteiger partial charge < -0.3 is 59.4 Å². The average molecular weight is 1120 g/mol. The fraction of sp³-hybridized carbons (Fsp3) is 0.509. The van der Waals surface area contributed by atoms with Gasteiger partial charge in [0.15, 0.2) is 17.4 Å². The lowest BCUT2D eigenvalue weighted by atomic mass is 9.91. The van der Waals surface area contributed by atoms with Crippen molar-refractivity contribution in [3.8, 4) is 45.2 Å². The van der Waals surface area contributed by atoms with Gasteiger partial charge in [-0.2, -0.15) is 0 Å². The van der Waals surface area contributed by atoms with Crippen molar-refractivity contribution in [2.24, 2.45) is 5.92 Å². The number of amides is 2. The summed E-state index contributed by atoms with van der Waals surface area (Å²) in [7, 11) is 1.42. The summed E-state index contributed by atoms with van der Waals surface area (Å²) in [5.41, 5.74) is 12.2. The maximum absolute atomic E-state index is 15.5. The monoisotopic (exact) mass is 1120 g/mol. The first-order valence-electron chi connectivity index (χ1n) is 27.7. The van der Waals surface area contributed by atoms with E-state index in [0.717, 1.165) is 76.1 Å². The van der Waals surface area contributed by atoms with Crippen molar-refractivity contribution in [2.45, 2.75) is 127 Å². The molecule has 1 aliphatic carbocycles. The molecule has 11 rings (SSSR count). The van der Waals surface area contributed by atoms with E-state index in [1.807, 2.05) is 38.2 Å². The molecular formula is C57H69FN12O9S. The zero-order valence-corrected chi connectivity index (χ0v) is 46.4. The Labute approximate surface area is 467 Å². The Hall–Kier alpha value is -7.21. The molecule has 0 spiro atoms. The van der Waals surface area contributed by atoms with E-state index in [0.29, 0.717) is 58.0 Å². The van der Waals surface area contributed by atoms with E-state index < -0.39 is 35.8 Å². The number of thiazole rings is 1. The van der Waals surface area contributed by atoms with E-state index in [-0.39, 0.29) is 78.4 Å². The standard InChI is InChI=1S/C57H69FN12O9S/c1-31(2)51(57(74)69-29-37(71)21-46(69)55(73)62-32(3)42-24-43(58)52(63-56(42)75-5)53-33(4)61-30-80-53)48-26-50(66-79-48)76-19-18-67-16-13-38(14-17-67)77-39-22-40(23-39)78-49-20-34(12-15-60-49)70-35-10-11-36(70)28-68(27-35)45-25-44(64-65-54(45)59)41-8-6-7-9-47(41)72/h6-9,12,15,20,24-26,30-32,35-40,46,51,71-72H,10-11,13-14,16-19,21-23,27-29H2,1-5H3,(H2,59,65)(H,62,73)/t32-,35-,36?,37-,39?,40?,46+,51-/m1/s1. The number of hydrogen-bond donors (Lipinski definition) is 4. The number of aromatic nitrogens is 6. The zero-order valence-electron chi connectivity index (χ0n) is 45.6. The van der Waals surface area contributed by atoms with Crippen LogP contribution in [0.2, 0.25) is 0 Å². The molecule has 1 unspecified atom stereocenters. The van der Waals surface area contributed by atoms with Crippen LogP contribution in [-0.2, 0) is 14.3 Å². The largest absolute Gasteiger partial charge is 0.507 e. The minimum atomic E-state index is -0.993. The molecule has 2 bridgehead atoms. The summed E-state index contributed by atoms with van der Waals surface area (Å²) in [6.45, 7) is 11.5. The molecular weight excluding hydrogens is 1050 g/mol. The molecule has 5 aromatic heterocycles. The first-order valence-corrected chi connectivity index (χ1v) is 28.5. The summed E-state index contributed by atoms with van der Waals surface area (Å²) in [4.78, 5) is 50.5. The van der Waals surface area contributed by atoms with Crippen molar-refractivity contribution >= 4 is 40.3 Å². The number of rotatable bonds is 19. The number of phenols is 1. The Bertz CT molecular complexity index is 3160. The molecule has 2 amide bonds. The second kappa shape index (κ2) is 23.5. The number of pyridine rings is 2. The minimum absolute atomic E-state index is 0.0270. The van der Waals surface area contributed by atoms with Crippen LogP contribution in [0.3, 0.4) is 0 Å². The number of ether oxygens (including phenoxy) is 4. The molecule has 23 heteroatoms. The maximum Gasteiger partial charge on any atom is 0.254 e. The number of piperidine rings is 1. The number of β-amino-alcohol motifs (C(OH)–C–C–N with tert-alkyl or cyclic N) is 1. The van der Waals surface area contributed by atoms with Crippen LogP contribution in [0.1, 0.15) is 94.7 Å². The van der Waals surface area contributed by atoms with Gasteiger partial charge in [0, 0.05) is 106 Å². The number of carbonyl (C=O) groups is 2. The maximum atomic E-state index is 15.5. The Morgan fingerprint density at radius 3 is 2.44 bits per heavy atom. The van der Waals surface area contributed by atoms with Crippen LogP contribution in [0.4, 0.5) is 21.6 Å². The molecule has 4 saturated heterocycles. The molecule has 5 aliphatic rings. The number of nitrogens with zero attached hydrogens (tertiary/aromatic N) is 10. The highest BCUT2D eigenvalue weighted by Crippen LogP contribution is 2.41. The normalized spacial score (nSPS) is 23.0. The van der Waals surface area contributed by atoms with Gasteiger partial charge in [0.25, 0.3) is 5.88 Å². The summed E-state index contributed by atoms with van der Waals surface area (Å²) in [6, 6.07) is 14.9. The first kappa shape index (κ1) is 54.7. The zero-order chi connectivity index (χ0) is 55.8. The molecule has 1 aromatic carbocycles. The number of anilines is 3. The van der Waals surface area contributed by atoms with Crippen LogP contribution < -0.4 is 35.1 Å². The number of nitrogen functional groups attached to an aromatic ring is 1. The molecule has 1 saturated carbocycles. The van der Waals surface area contributed by atoms with E-state index in [2.05, 4.69) is 62.5 Å². The lowest BCUT2D eigenvalue weighted by Gasteiger charge is -2.43. The molecule has 4 aliphatic heterocycles. The first-order chi connectivity index (χ1) is 38.7. The number of methoxy groups -OCH3 is 1. The number of piperazine rings is 1. The molecule has 9 heterocycles. The third kappa shape index (κ3) is 11.5. The van der Waals surface area contributed by atoms with E-state index in [9.17, 15) is 19.8 Å². The molecule has 21 nitrogen and oxygen atoms in total. The number of phenolic OH excluding ortho intramolecular Hbond substituents is 1. The number of para-hydroxylation sites is 1. The van der Waals surface area contributed by atoms with Gasteiger partial charge in [-0.05, 0) is 80.9 Å². The fourth-order valence-corrected chi connectivity index (χ4v) is 12.9. The Morgan fingerprint density at radius 1 is 0.938 bits per heavy atom. The van der Waals surface area contributed by atoms with Gasteiger partial charge in [-0.1, -0.05) is 26.0 Å². The summed E-state index contributed by atoms with van der Waals surface area (Å²) in [5, 5.41) is 36.8. The summed E-state index contributed by atoms with van der Waals surface area (Å²) < 4.78 is 45.7. The predicted molar refractivity (Wildman–Crippen MR) is 296 cm³/mol. The molecule has 80 heavy (non-hydrogen) atoms. The number of carbonyl (C=O) groups excluding carboxylic acids is 2. The average Bonchev–Trinajstić information content (AvgIpc) is 4.30. The number of likely N-dealkylation sites (tertiary alicyclic amines) is 2. The Balaban J connectivity index is 0.609. The summed E-state index contributed by atoms with van der Waals surface area (Å²) in [6.07, 6.45) is 6.84. The quantitative estimate of drug-likeness (QED) is 0.0659. The number of aliphatic hydroxyl groups is 1. The Morgan fingerprint density at radius 2 is 1.71 bits per heavy atom. The molecule has 5 N–H and O–H groups in total. The van der Waals surface area contributed by atoms with Crippen molar-refractivity contribution in [3.63, 3.8) is 0 Å². The van der Waals surface area contributed by atoms with Crippen molar-refractivity contribution in [2.75, 3.05) is 68.5 Å². The highest BCUT2D eigenvalue weighted by molar-refractivity contribution is 7.13. The molecule has 424 valence electrons. The van der Waals surface area contributed by atoms with Gasteiger partial charge in [0.2, 0.25) is 23.6 Å². The lowest BCUT2D eigenvalue weighted by Crippen LogP contribution is -2.54. The van der Waals surface area contributed by atoms with E-state index in [1.165, 1.54) is 29.4 Å². The highest BCUT2D eigenvalue weighted by atomic mass is 32.1. The topological polar surface area (TPSA) is 253 Å². The van der Waals surface area contributed by atoms with Gasteiger partial charge in [-0.15, -0.1) is 21.5 Å². The predicted octanol–water partition coefficient (Wildman–Crippen LogP) is 6.70. The Kier molecular flexibility index (Phi) is 16.1. The molecule has 6 atom stereocenters. The van der Waals surface area contributed by atoms with Crippen LogP contribution >= 0.6 is 11.3 Å². The molecule has 6 aromatic rings. The third-order valence-corrected chi connectivity index (χ3v) is 17.2. The van der Waals surface area contributed by atoms with E-state index in [4.69, 9.17) is 29.2 Å². The number of aliphatic hydroxyl groups excluding tert-OH is 1. The number of aryl methyl sites for hydroxylation is 1. The van der Waals surface area contributed by atoms with Crippen LogP contribution in [0.15, 0.2) is 70.8 Å². The minimum Gasteiger partial charge on any atom is -0.507 e. The van der Waals surface area contributed by atoms with Crippen LogP contribution in [0.5, 0.6) is 23.4 Å². The fourth-order valence-electron chi connectivity index (χ4n) is 12.1. The number of hydrogen-bond acceptors (Lipinski definition) is 20. The number of nitrogens with two attached hydrogens (primary N) is 1. The van der Waals surface area contributed by atoms with Gasteiger partial charge in [-0.25, -0.2) is 19.3 Å². The lowest BCUT2D eigenvalue weighted by molar-refractivity contribution is -0.141. The third-order valence-electron chi connectivity index (χ3n) is 16.3. The molecule has 0 radical (unpaired) electrons. The number of fused-ring (bicyclic) bond motifs is 2. The highest BCUT2D eigenvalue weighted by Gasteiger charge is 2.45. The SMILES string of the molecule is COc1nc(-c2scnc2C)c(F)cc1[C@@H](C)NC(=O)[C@@H]1C[C@@H](O)CN1C(=O)[C@@H](c1cc(OCCN2CCC(OC3CC(Oc4cc(N5C6CC[C@@H]5CN(c5cc(-c7ccccc7O)nnc5N)C6)ccn4)C3)CC2)no1)C(C)C. The number of nitrogens with one attached hydrogen (secondary N) is 1. The smallest absolute Gasteiger partial charge is 0.254 e. The van der Waals surface area contributed by atoms with Crippen molar-refractivity contribution < 1.29 is 47.7 Å². The molecule has 5 fully saturated rings. The summed E-state index contributed by atoms with van der Waals surface area (Å²) >= 11 is 1.27.